The molecular formula is C28H19F6N3O2. The van der Waals surface area contributed by atoms with Crippen molar-refractivity contribution >= 4 is 35.5 Å². The molecule has 6 rings (SSSR count). The summed E-state index contributed by atoms with van der Waals surface area (Å²) in [5.41, 5.74) is -12.5. The van der Waals surface area contributed by atoms with Gasteiger partial charge < -0.3 is 9.64 Å². The Kier molecular flexibility index (Phi) is 4.97. The van der Waals surface area contributed by atoms with Crippen molar-refractivity contribution in [2.45, 2.75) is 28.8 Å². The highest BCUT2D eigenvalue weighted by atomic mass is 19.4. The number of fused-ring (bicyclic) bond motifs is 3. The van der Waals surface area contributed by atoms with E-state index >= 15 is 26.3 Å². The Hall–Kier alpha value is -4.15. The molecule has 3 aliphatic rings. The first-order valence-corrected chi connectivity index (χ1v) is 11.8. The highest BCUT2D eigenvalue weighted by Crippen LogP contribution is 2.71. The molecule has 200 valence electrons. The normalized spacial score (nSPS) is 26.8. The summed E-state index contributed by atoms with van der Waals surface area (Å²) in [6.07, 6.45) is -9.92. The van der Waals surface area contributed by atoms with Crippen LogP contribution in [0.3, 0.4) is 0 Å². The van der Waals surface area contributed by atoms with E-state index in [2.05, 4.69) is 9.98 Å². The molecule has 0 amide bonds. The Bertz CT molecular complexity index is 1510. The second-order valence-electron chi connectivity index (χ2n) is 9.86. The highest BCUT2D eigenvalue weighted by Gasteiger charge is 2.86. The van der Waals surface area contributed by atoms with Gasteiger partial charge in [0.05, 0.1) is 16.9 Å². The van der Waals surface area contributed by atoms with E-state index in [-0.39, 0.29) is 11.4 Å². The molecule has 3 heterocycles. The van der Waals surface area contributed by atoms with Gasteiger partial charge in [0.1, 0.15) is 0 Å². The summed E-state index contributed by atoms with van der Waals surface area (Å²) in [6, 6.07) is 13.8. The third-order valence-electron chi connectivity index (χ3n) is 7.82. The second kappa shape index (κ2) is 7.71. The van der Waals surface area contributed by atoms with Crippen LogP contribution >= 0.6 is 0 Å². The lowest BCUT2D eigenvalue weighted by atomic mass is 9.51. The molecular weight excluding hydrogens is 524 g/mol. The molecule has 2 atom stereocenters. The quantitative estimate of drug-likeness (QED) is 0.278. The number of ether oxygens (including phenoxy) is 1. The average molecular weight is 543 g/mol. The van der Waals surface area contributed by atoms with Crippen molar-refractivity contribution in [3.8, 4) is 0 Å². The SMILES string of the molecule is CN(C)c1ccc2c(c1)C(=O)OC2(C1(C(F)(F)F)C=Nc2ccccc21)C1(C(F)(F)F)C=Nc2ccccc21. The van der Waals surface area contributed by atoms with Gasteiger partial charge in [0, 0.05) is 48.9 Å². The van der Waals surface area contributed by atoms with Crippen LogP contribution in [-0.2, 0) is 21.2 Å². The van der Waals surface area contributed by atoms with Gasteiger partial charge in [-0.2, -0.15) is 26.3 Å². The molecule has 39 heavy (non-hydrogen) atoms. The van der Waals surface area contributed by atoms with Crippen molar-refractivity contribution in [1.29, 1.82) is 0 Å². The van der Waals surface area contributed by atoms with Crippen molar-refractivity contribution < 1.29 is 35.9 Å². The number of cyclic esters (lactones) is 1. The van der Waals surface area contributed by atoms with Gasteiger partial charge in [0.25, 0.3) is 0 Å². The minimum absolute atomic E-state index is 0.177. The second-order valence-corrected chi connectivity index (χ2v) is 9.86. The minimum atomic E-state index is -5.41. The fourth-order valence-electron chi connectivity index (χ4n) is 6.16. The number of hydrogen-bond donors (Lipinski definition) is 0. The number of para-hydroxylation sites is 2. The summed E-state index contributed by atoms with van der Waals surface area (Å²) in [7, 11) is 3.26. The van der Waals surface area contributed by atoms with Crippen molar-refractivity contribution in [3.05, 3.63) is 89.0 Å². The number of benzene rings is 3. The van der Waals surface area contributed by atoms with Crippen LogP contribution in [0.25, 0.3) is 0 Å². The zero-order valence-electron chi connectivity index (χ0n) is 20.4. The van der Waals surface area contributed by atoms with Crippen LogP contribution in [0.15, 0.2) is 76.7 Å². The third kappa shape index (κ3) is 2.85. The number of carbonyl (C=O) groups excluding carboxylic acids is 1. The molecule has 0 saturated heterocycles. The van der Waals surface area contributed by atoms with Crippen LogP contribution in [0.4, 0.5) is 43.4 Å². The number of anilines is 1. The first-order valence-electron chi connectivity index (χ1n) is 11.8. The highest BCUT2D eigenvalue weighted by molar-refractivity contribution is 6.03. The molecule has 2 unspecified atom stereocenters. The van der Waals surface area contributed by atoms with Gasteiger partial charge >= 0.3 is 18.3 Å². The topological polar surface area (TPSA) is 54.3 Å². The monoisotopic (exact) mass is 543 g/mol. The van der Waals surface area contributed by atoms with E-state index in [1.54, 1.807) is 19.0 Å². The zero-order chi connectivity index (χ0) is 28.0. The number of halogens is 6. The zero-order valence-corrected chi connectivity index (χ0v) is 20.4. The van der Waals surface area contributed by atoms with Crippen LogP contribution < -0.4 is 4.90 Å². The van der Waals surface area contributed by atoms with Gasteiger partial charge in [-0.15, -0.1) is 0 Å². The molecule has 0 radical (unpaired) electrons. The van der Waals surface area contributed by atoms with Crippen LogP contribution in [0.1, 0.15) is 27.0 Å². The Balaban J connectivity index is 1.85. The Morgan fingerprint density at radius 1 is 0.718 bits per heavy atom. The molecule has 0 spiro atoms. The molecule has 11 heteroatoms. The van der Waals surface area contributed by atoms with Crippen LogP contribution in [0, 0.1) is 0 Å². The van der Waals surface area contributed by atoms with Gasteiger partial charge in [-0.05, 0) is 24.3 Å². The van der Waals surface area contributed by atoms with Crippen LogP contribution in [0.2, 0.25) is 0 Å². The van der Waals surface area contributed by atoms with E-state index in [1.165, 1.54) is 48.5 Å². The molecule has 0 fully saturated rings. The first kappa shape index (κ1) is 25.1. The lowest BCUT2D eigenvalue weighted by Crippen LogP contribution is -2.71. The van der Waals surface area contributed by atoms with Crippen molar-refractivity contribution in [1.82, 2.24) is 0 Å². The Morgan fingerprint density at radius 3 is 1.67 bits per heavy atom. The van der Waals surface area contributed by atoms with E-state index in [4.69, 9.17) is 4.74 Å². The number of rotatable bonds is 3. The molecule has 5 nitrogen and oxygen atoms in total. The van der Waals surface area contributed by atoms with Gasteiger partial charge in [-0.25, -0.2) is 4.79 Å². The Labute approximate surface area is 218 Å². The maximum atomic E-state index is 15.7. The average Bonchev–Trinajstić information content (AvgIpc) is 3.55. The number of nitrogens with zero attached hydrogens (tertiary/aromatic N) is 3. The standard InChI is InChI=1S/C28H19F6N3O2/c1-37(2)16-11-12-18-17(13-16)23(38)39-26(18,24(27(29,30)31)14-35-21-9-5-3-7-19(21)24)25(28(32,33)34)15-36-22-10-6-4-8-20(22)25/h3-15H,1-2H3. The number of aliphatic imine (C=N–C) groups is 2. The van der Waals surface area contributed by atoms with Crippen LogP contribution in [0.5, 0.6) is 0 Å². The van der Waals surface area contributed by atoms with E-state index in [0.717, 1.165) is 18.2 Å². The molecule has 3 aromatic carbocycles. The van der Waals surface area contributed by atoms with E-state index in [9.17, 15) is 4.79 Å². The fraction of sp³-hybridized carbons (Fsp3) is 0.250. The minimum Gasteiger partial charge on any atom is -0.447 e. The third-order valence-corrected chi connectivity index (χ3v) is 7.82. The number of esters is 1. The summed E-state index contributed by atoms with van der Waals surface area (Å²) < 4.78 is 99.8. The molecule has 3 aliphatic heterocycles. The van der Waals surface area contributed by atoms with Crippen molar-refractivity contribution in [2.75, 3.05) is 19.0 Å². The molecule has 0 aromatic heterocycles. The lowest BCUT2D eigenvalue weighted by Gasteiger charge is -2.53. The fourth-order valence-corrected chi connectivity index (χ4v) is 6.16. The number of carbonyl (C=O) groups is 1. The maximum Gasteiger partial charge on any atom is 0.407 e. The van der Waals surface area contributed by atoms with Crippen LogP contribution in [-0.4, -0.2) is 44.8 Å². The molecule has 0 saturated carbocycles. The molecule has 0 aliphatic carbocycles. The molecule has 3 aromatic rings. The van der Waals surface area contributed by atoms with Gasteiger partial charge in [0.15, 0.2) is 16.4 Å². The number of hydrogen-bond acceptors (Lipinski definition) is 5. The van der Waals surface area contributed by atoms with E-state index in [0.29, 0.717) is 18.1 Å². The lowest BCUT2D eigenvalue weighted by molar-refractivity contribution is -0.275. The first-order chi connectivity index (χ1) is 18.3. The largest absolute Gasteiger partial charge is 0.447 e. The maximum absolute atomic E-state index is 15.7. The summed E-state index contributed by atoms with van der Waals surface area (Å²) in [6.45, 7) is 0. The molecule has 0 N–H and O–H groups in total. The predicted molar refractivity (Wildman–Crippen MR) is 133 cm³/mol. The van der Waals surface area contributed by atoms with Crippen molar-refractivity contribution in [3.63, 3.8) is 0 Å². The summed E-state index contributed by atoms with van der Waals surface area (Å²) in [4.78, 5) is 22.9. The Morgan fingerprint density at radius 2 is 1.21 bits per heavy atom. The van der Waals surface area contributed by atoms with Crippen molar-refractivity contribution in [2.24, 2.45) is 9.98 Å². The summed E-state index contributed by atoms with van der Waals surface area (Å²) >= 11 is 0. The molecule has 0 bridgehead atoms. The number of alkyl halides is 6. The summed E-state index contributed by atoms with van der Waals surface area (Å²) in [5, 5.41) is 0. The smallest absolute Gasteiger partial charge is 0.407 e. The van der Waals surface area contributed by atoms with Gasteiger partial charge in [0.2, 0.25) is 0 Å². The van der Waals surface area contributed by atoms with E-state index in [1.807, 2.05) is 0 Å². The van der Waals surface area contributed by atoms with Gasteiger partial charge in [-0.1, -0.05) is 42.5 Å². The summed E-state index contributed by atoms with van der Waals surface area (Å²) in [5.74, 6) is -1.31. The van der Waals surface area contributed by atoms with Gasteiger partial charge in [-0.3, -0.25) is 9.98 Å². The predicted octanol–water partition coefficient (Wildman–Crippen LogP) is 6.55. The van der Waals surface area contributed by atoms with E-state index < -0.39 is 57.0 Å².